The first-order valence-corrected chi connectivity index (χ1v) is 8.55. The summed E-state index contributed by atoms with van der Waals surface area (Å²) in [6.45, 7) is 0. The summed E-state index contributed by atoms with van der Waals surface area (Å²) >= 11 is 1.78. The molecular formula is C19H17NOS. The van der Waals surface area contributed by atoms with E-state index in [-0.39, 0.29) is 5.25 Å². The lowest BCUT2D eigenvalue weighted by atomic mass is 9.89. The van der Waals surface area contributed by atoms with E-state index in [0.717, 1.165) is 29.8 Å². The Balaban J connectivity index is 1.88. The van der Waals surface area contributed by atoms with Gasteiger partial charge in [-0.25, -0.2) is 0 Å². The number of benzene rings is 2. The van der Waals surface area contributed by atoms with Gasteiger partial charge < -0.3 is 5.32 Å². The maximum atomic E-state index is 12.6. The number of nitrogens with one attached hydrogen (secondary N) is 1. The van der Waals surface area contributed by atoms with E-state index >= 15 is 0 Å². The smallest absolute Gasteiger partial charge is 0.162 e. The summed E-state index contributed by atoms with van der Waals surface area (Å²) in [6.07, 6.45) is 2.57. The number of carbonyl (C=O) groups excluding carboxylic acids is 1. The second-order valence-corrected chi connectivity index (χ2v) is 6.85. The van der Waals surface area contributed by atoms with Crippen LogP contribution in [0.1, 0.15) is 30.1 Å². The van der Waals surface area contributed by atoms with Crippen molar-refractivity contribution in [2.75, 3.05) is 5.32 Å². The highest BCUT2D eigenvalue weighted by molar-refractivity contribution is 8.00. The number of thioether (sulfide) groups is 1. The molecule has 2 aliphatic rings. The molecule has 0 saturated carbocycles. The third-order valence-corrected chi connectivity index (χ3v) is 5.59. The monoisotopic (exact) mass is 307 g/mol. The van der Waals surface area contributed by atoms with Gasteiger partial charge in [0.1, 0.15) is 0 Å². The quantitative estimate of drug-likeness (QED) is 0.808. The molecule has 3 heteroatoms. The van der Waals surface area contributed by atoms with Gasteiger partial charge in [0.2, 0.25) is 0 Å². The average Bonchev–Trinajstić information content (AvgIpc) is 2.73. The largest absolute Gasteiger partial charge is 0.358 e. The van der Waals surface area contributed by atoms with Gasteiger partial charge in [0.05, 0.1) is 10.9 Å². The number of rotatable bonds is 1. The summed E-state index contributed by atoms with van der Waals surface area (Å²) < 4.78 is 0. The highest BCUT2D eigenvalue weighted by atomic mass is 32.2. The number of hydrogen-bond donors (Lipinski definition) is 1. The molecule has 0 fully saturated rings. The Kier molecular flexibility index (Phi) is 3.51. The fourth-order valence-corrected chi connectivity index (χ4v) is 4.52. The normalized spacial score (nSPS) is 20.7. The lowest BCUT2D eigenvalue weighted by Crippen LogP contribution is -2.19. The van der Waals surface area contributed by atoms with E-state index in [9.17, 15) is 4.79 Å². The SMILES string of the molecule is O=C1CCCC2=C1[C@@H](c1ccccc1)Sc1ccccc1N2. The van der Waals surface area contributed by atoms with Gasteiger partial charge in [0.25, 0.3) is 0 Å². The van der Waals surface area contributed by atoms with Crippen LogP contribution in [-0.4, -0.2) is 5.78 Å². The zero-order valence-corrected chi connectivity index (χ0v) is 13.0. The van der Waals surface area contributed by atoms with Crippen molar-refractivity contribution in [2.45, 2.75) is 29.4 Å². The minimum atomic E-state index is 0.0835. The highest BCUT2D eigenvalue weighted by Gasteiger charge is 2.32. The van der Waals surface area contributed by atoms with Crippen molar-refractivity contribution in [3.8, 4) is 0 Å². The maximum absolute atomic E-state index is 12.6. The number of para-hydroxylation sites is 1. The van der Waals surface area contributed by atoms with Gasteiger partial charge in [-0.05, 0) is 30.5 Å². The summed E-state index contributed by atoms with van der Waals surface area (Å²) in [5, 5.41) is 3.61. The van der Waals surface area contributed by atoms with Crippen LogP contribution in [0.5, 0.6) is 0 Å². The molecule has 2 aromatic rings. The first-order chi connectivity index (χ1) is 10.8. The molecule has 0 aromatic heterocycles. The Morgan fingerprint density at radius 1 is 0.955 bits per heavy atom. The van der Waals surface area contributed by atoms with Crippen molar-refractivity contribution in [3.05, 3.63) is 71.4 Å². The van der Waals surface area contributed by atoms with Gasteiger partial charge in [-0.15, -0.1) is 11.8 Å². The summed E-state index contributed by atoms with van der Waals surface area (Å²) in [5.41, 5.74) is 4.41. The maximum Gasteiger partial charge on any atom is 0.162 e. The van der Waals surface area contributed by atoms with Crippen molar-refractivity contribution >= 4 is 23.2 Å². The molecule has 2 nitrogen and oxygen atoms in total. The zero-order valence-electron chi connectivity index (χ0n) is 12.2. The van der Waals surface area contributed by atoms with Crippen molar-refractivity contribution in [3.63, 3.8) is 0 Å². The third-order valence-electron chi connectivity index (χ3n) is 4.24. The van der Waals surface area contributed by atoms with Crippen molar-refractivity contribution < 1.29 is 4.79 Å². The lowest BCUT2D eigenvalue weighted by molar-refractivity contribution is -0.116. The number of ketones is 1. The Bertz CT molecular complexity index is 751. The number of allylic oxidation sites excluding steroid dienone is 1. The third kappa shape index (κ3) is 2.35. The van der Waals surface area contributed by atoms with Gasteiger partial charge in [0, 0.05) is 22.6 Å². The molecule has 2 aromatic carbocycles. The number of hydrogen-bond acceptors (Lipinski definition) is 3. The summed E-state index contributed by atoms with van der Waals surface area (Å²) in [7, 11) is 0. The second-order valence-electron chi connectivity index (χ2n) is 5.70. The van der Waals surface area contributed by atoms with Gasteiger partial charge in [0.15, 0.2) is 5.78 Å². The molecule has 1 N–H and O–H groups in total. The molecule has 0 unspecified atom stereocenters. The van der Waals surface area contributed by atoms with Crippen LogP contribution < -0.4 is 5.32 Å². The van der Waals surface area contributed by atoms with Gasteiger partial charge in [-0.3, -0.25) is 4.79 Å². The standard InChI is InChI=1S/C19H17NOS/c21-16-11-6-10-15-18(16)19(13-7-2-1-3-8-13)22-17-12-5-4-9-14(17)20-15/h1-5,7-9,12,19-20H,6,10-11H2/t19-/m1/s1. The second kappa shape index (κ2) is 5.65. The molecule has 4 rings (SSSR count). The van der Waals surface area contributed by atoms with Gasteiger partial charge >= 0.3 is 0 Å². The van der Waals surface area contributed by atoms with Crippen molar-refractivity contribution in [2.24, 2.45) is 0 Å². The predicted octanol–water partition coefficient (Wildman–Crippen LogP) is 4.95. The van der Waals surface area contributed by atoms with Crippen molar-refractivity contribution in [1.82, 2.24) is 0 Å². The zero-order chi connectivity index (χ0) is 14.9. The highest BCUT2D eigenvalue weighted by Crippen LogP contribution is 2.49. The molecule has 0 radical (unpaired) electrons. The van der Waals surface area contributed by atoms with Crippen LogP contribution in [0.4, 0.5) is 5.69 Å². The molecule has 1 aliphatic carbocycles. The summed E-state index contributed by atoms with van der Waals surface area (Å²) in [4.78, 5) is 13.8. The fraction of sp³-hybridized carbons (Fsp3) is 0.211. The molecule has 0 saturated heterocycles. The molecule has 1 atom stereocenters. The van der Waals surface area contributed by atoms with Crippen LogP contribution >= 0.6 is 11.8 Å². The van der Waals surface area contributed by atoms with E-state index < -0.39 is 0 Å². The van der Waals surface area contributed by atoms with Crippen LogP contribution in [0, 0.1) is 0 Å². The average molecular weight is 307 g/mol. The Hall–Kier alpha value is -2.00. The van der Waals surface area contributed by atoms with E-state index in [1.807, 2.05) is 24.3 Å². The Labute approximate surface area is 134 Å². The minimum Gasteiger partial charge on any atom is -0.358 e. The minimum absolute atomic E-state index is 0.0835. The molecule has 22 heavy (non-hydrogen) atoms. The Morgan fingerprint density at radius 2 is 1.73 bits per heavy atom. The summed E-state index contributed by atoms with van der Waals surface area (Å²) in [5.74, 6) is 0.294. The van der Waals surface area contributed by atoms with Crippen LogP contribution in [0.15, 0.2) is 70.8 Å². The molecule has 1 heterocycles. The van der Waals surface area contributed by atoms with Crippen LogP contribution in [0.3, 0.4) is 0 Å². The van der Waals surface area contributed by atoms with E-state index in [0.29, 0.717) is 12.2 Å². The van der Waals surface area contributed by atoms with Crippen LogP contribution in [0.25, 0.3) is 0 Å². The van der Waals surface area contributed by atoms with E-state index in [1.54, 1.807) is 11.8 Å². The van der Waals surface area contributed by atoms with Crippen molar-refractivity contribution in [1.29, 1.82) is 0 Å². The predicted molar refractivity (Wildman–Crippen MR) is 91.0 cm³/mol. The van der Waals surface area contributed by atoms with E-state index in [2.05, 4.69) is 35.6 Å². The topological polar surface area (TPSA) is 29.1 Å². The molecule has 1 aliphatic heterocycles. The number of fused-ring (bicyclic) bond motifs is 1. The molecule has 0 amide bonds. The van der Waals surface area contributed by atoms with E-state index in [1.165, 1.54) is 10.5 Å². The van der Waals surface area contributed by atoms with Crippen LogP contribution in [-0.2, 0) is 4.79 Å². The first-order valence-electron chi connectivity index (χ1n) is 7.67. The van der Waals surface area contributed by atoms with Crippen LogP contribution in [0.2, 0.25) is 0 Å². The summed E-state index contributed by atoms with van der Waals surface area (Å²) in [6, 6.07) is 18.7. The van der Waals surface area contributed by atoms with E-state index in [4.69, 9.17) is 0 Å². The first kappa shape index (κ1) is 13.6. The fourth-order valence-electron chi connectivity index (χ4n) is 3.18. The number of Topliss-reactive ketones (excluding diaryl/α,β-unsaturated/α-hetero) is 1. The molecule has 0 spiro atoms. The Morgan fingerprint density at radius 3 is 2.59 bits per heavy atom. The van der Waals surface area contributed by atoms with Gasteiger partial charge in [-0.1, -0.05) is 42.5 Å². The van der Waals surface area contributed by atoms with Gasteiger partial charge in [-0.2, -0.15) is 0 Å². The number of anilines is 1. The molecule has 110 valence electrons. The molecular weight excluding hydrogens is 290 g/mol. The number of carbonyl (C=O) groups is 1. The lowest BCUT2D eigenvalue weighted by Gasteiger charge is -2.24. The molecule has 0 bridgehead atoms.